The molecule has 0 bridgehead atoms. The average molecular weight is 283 g/mol. The number of aliphatic hydroxyl groups excluding tert-OH is 1. The number of hydrogen-bond donors (Lipinski definition) is 1. The molecule has 3 rings (SSSR count). The molecule has 1 N–H and O–H groups in total. The van der Waals surface area contributed by atoms with Gasteiger partial charge >= 0.3 is 5.95 Å². The number of benzene rings is 2. The normalized spacial score (nSPS) is 14.2. The van der Waals surface area contributed by atoms with Gasteiger partial charge in [0.05, 0.1) is 0 Å². The minimum Gasteiger partial charge on any atom is -0.479 e. The molecule has 0 aromatic heterocycles. The third-order valence-corrected chi connectivity index (χ3v) is 3.22. The molecule has 0 amide bonds. The van der Waals surface area contributed by atoms with Gasteiger partial charge in [-0.2, -0.15) is 0 Å². The molecule has 1 aliphatic rings. The van der Waals surface area contributed by atoms with Crippen LogP contribution in [0, 0.1) is 5.82 Å². The summed E-state index contributed by atoms with van der Waals surface area (Å²) in [6.45, 7) is 0.581. The van der Waals surface area contributed by atoms with E-state index in [0.29, 0.717) is 17.8 Å². The average Bonchev–Trinajstić information content (AvgIpc) is 2.50. The Morgan fingerprint density at radius 3 is 2.43 bits per heavy atom. The van der Waals surface area contributed by atoms with Crippen molar-refractivity contribution in [3.8, 4) is 0 Å². The third-order valence-electron chi connectivity index (χ3n) is 3.22. The van der Waals surface area contributed by atoms with Gasteiger partial charge in [-0.25, -0.2) is 4.39 Å². The third kappa shape index (κ3) is 2.89. The Labute approximate surface area is 122 Å². The summed E-state index contributed by atoms with van der Waals surface area (Å²) in [6.07, 6.45) is 3.16. The summed E-state index contributed by atoms with van der Waals surface area (Å²) in [5, 5.41) is 10.0. The fourth-order valence-corrected chi connectivity index (χ4v) is 2.23. The molecule has 2 aromatic carbocycles. The summed E-state index contributed by atoms with van der Waals surface area (Å²) >= 11 is 0. The highest BCUT2D eigenvalue weighted by molar-refractivity contribution is 5.66. The Balaban J connectivity index is 1.93. The molecule has 1 aliphatic heterocycles. The Kier molecular flexibility index (Phi) is 3.60. The van der Waals surface area contributed by atoms with Crippen LogP contribution in [0.1, 0.15) is 11.1 Å². The van der Waals surface area contributed by atoms with E-state index in [2.05, 4.69) is 0 Å². The zero-order chi connectivity index (χ0) is 14.7. The summed E-state index contributed by atoms with van der Waals surface area (Å²) < 4.78 is 18.1. The molecule has 4 heteroatoms. The molecular formula is C17H14FNO2. The Bertz CT molecular complexity index is 678. The fourth-order valence-electron chi connectivity index (χ4n) is 2.23. The largest absolute Gasteiger partial charge is 0.479 e. The number of hydrogen-bond acceptors (Lipinski definition) is 3. The van der Waals surface area contributed by atoms with E-state index in [1.807, 2.05) is 35.2 Å². The van der Waals surface area contributed by atoms with Crippen LogP contribution >= 0.6 is 0 Å². The van der Waals surface area contributed by atoms with Gasteiger partial charge in [-0.15, -0.1) is 0 Å². The predicted molar refractivity (Wildman–Crippen MR) is 78.2 cm³/mol. The lowest BCUT2D eigenvalue weighted by molar-refractivity contribution is 0.152. The van der Waals surface area contributed by atoms with E-state index in [9.17, 15) is 9.50 Å². The van der Waals surface area contributed by atoms with Gasteiger partial charge in [0.1, 0.15) is 17.8 Å². The highest BCUT2D eigenvalue weighted by Gasteiger charge is 2.20. The van der Waals surface area contributed by atoms with Crippen LogP contribution in [0.2, 0.25) is 0 Å². The number of ether oxygens (including phenoxy) is 1. The number of halogens is 1. The van der Waals surface area contributed by atoms with E-state index in [-0.39, 0.29) is 11.8 Å². The van der Waals surface area contributed by atoms with Crippen molar-refractivity contribution in [2.75, 3.05) is 0 Å². The summed E-state index contributed by atoms with van der Waals surface area (Å²) in [7, 11) is 0. The van der Waals surface area contributed by atoms with Crippen LogP contribution < -0.4 is 0 Å². The molecule has 0 saturated carbocycles. The van der Waals surface area contributed by atoms with Crippen molar-refractivity contribution in [1.29, 1.82) is 0 Å². The zero-order valence-electron chi connectivity index (χ0n) is 11.2. The van der Waals surface area contributed by atoms with E-state index < -0.39 is 0 Å². The molecule has 3 nitrogen and oxygen atoms in total. The molecule has 0 unspecified atom stereocenters. The lowest BCUT2D eigenvalue weighted by Gasteiger charge is -2.27. The Hall–Kier alpha value is -2.75. The lowest BCUT2D eigenvalue weighted by atomic mass is 10.1. The second-order valence-electron chi connectivity index (χ2n) is 4.68. The molecule has 0 saturated heterocycles. The van der Waals surface area contributed by atoms with Crippen molar-refractivity contribution in [2.24, 2.45) is 0 Å². The molecule has 0 radical (unpaired) electrons. The van der Waals surface area contributed by atoms with Crippen molar-refractivity contribution in [3.05, 3.63) is 89.9 Å². The second-order valence-corrected chi connectivity index (χ2v) is 4.68. The van der Waals surface area contributed by atoms with Crippen LogP contribution in [0.25, 0.3) is 5.70 Å². The highest BCUT2D eigenvalue weighted by atomic mass is 19.1. The van der Waals surface area contributed by atoms with Gasteiger partial charge < -0.3 is 14.7 Å². The van der Waals surface area contributed by atoms with Gasteiger partial charge in [0.2, 0.25) is 0 Å². The van der Waals surface area contributed by atoms with Crippen LogP contribution in [-0.2, 0) is 11.3 Å². The maximum atomic E-state index is 13.1. The topological polar surface area (TPSA) is 32.7 Å². The first-order valence-corrected chi connectivity index (χ1v) is 6.57. The predicted octanol–water partition coefficient (Wildman–Crippen LogP) is 4.01. The van der Waals surface area contributed by atoms with E-state index >= 15 is 0 Å². The first kappa shape index (κ1) is 13.2. The first-order chi connectivity index (χ1) is 10.2. The summed E-state index contributed by atoms with van der Waals surface area (Å²) in [5.41, 5.74) is 2.30. The number of aliphatic hydroxyl groups is 1. The van der Waals surface area contributed by atoms with E-state index in [1.54, 1.807) is 18.3 Å². The molecule has 2 aromatic rings. The fraction of sp³-hybridized carbons (Fsp3) is 0.0588. The van der Waals surface area contributed by atoms with Crippen LogP contribution in [0.5, 0.6) is 0 Å². The highest BCUT2D eigenvalue weighted by Crippen LogP contribution is 2.28. The van der Waals surface area contributed by atoms with Crippen molar-refractivity contribution in [3.63, 3.8) is 0 Å². The maximum absolute atomic E-state index is 13.1. The Morgan fingerprint density at radius 1 is 1.00 bits per heavy atom. The zero-order valence-corrected chi connectivity index (χ0v) is 11.2. The number of nitrogens with zero attached hydrogens (tertiary/aromatic N) is 1. The molecule has 21 heavy (non-hydrogen) atoms. The maximum Gasteiger partial charge on any atom is 0.307 e. The summed E-state index contributed by atoms with van der Waals surface area (Å²) in [4.78, 5) is 1.86. The molecule has 106 valence electrons. The standard InChI is InChI=1S/C17H14FNO2/c18-15-8-6-14(7-9-15)16-17(20)21-11-10-19(16)12-13-4-2-1-3-5-13/h1-11,20H,12H2. The SMILES string of the molecule is OC1=C(c2ccc(F)cc2)N(Cc2ccccc2)C=CO1. The quantitative estimate of drug-likeness (QED) is 0.923. The summed E-state index contributed by atoms with van der Waals surface area (Å²) in [6, 6.07) is 15.8. The van der Waals surface area contributed by atoms with Crippen LogP contribution in [0.3, 0.4) is 0 Å². The van der Waals surface area contributed by atoms with Crippen molar-refractivity contribution in [2.45, 2.75) is 6.54 Å². The van der Waals surface area contributed by atoms with Crippen molar-refractivity contribution >= 4 is 5.70 Å². The number of rotatable bonds is 3. The minimum atomic E-state index is -0.319. The van der Waals surface area contributed by atoms with E-state index in [1.165, 1.54) is 18.4 Å². The van der Waals surface area contributed by atoms with Gasteiger partial charge in [-0.3, -0.25) is 0 Å². The lowest BCUT2D eigenvalue weighted by Crippen LogP contribution is -2.20. The van der Waals surface area contributed by atoms with Gasteiger partial charge in [-0.05, 0) is 29.8 Å². The van der Waals surface area contributed by atoms with E-state index in [4.69, 9.17) is 4.74 Å². The van der Waals surface area contributed by atoms with Crippen LogP contribution in [0.4, 0.5) is 4.39 Å². The van der Waals surface area contributed by atoms with E-state index in [0.717, 1.165) is 5.56 Å². The molecular weight excluding hydrogens is 269 g/mol. The van der Waals surface area contributed by atoms with Gasteiger partial charge in [0, 0.05) is 18.3 Å². The van der Waals surface area contributed by atoms with Gasteiger partial charge in [0.15, 0.2) is 0 Å². The molecule has 0 fully saturated rings. The molecule has 0 spiro atoms. The molecule has 1 heterocycles. The second kappa shape index (κ2) is 5.71. The molecule has 0 atom stereocenters. The first-order valence-electron chi connectivity index (χ1n) is 6.57. The summed E-state index contributed by atoms with van der Waals surface area (Å²) in [5.74, 6) is -0.513. The van der Waals surface area contributed by atoms with Crippen molar-refractivity contribution in [1.82, 2.24) is 4.90 Å². The smallest absolute Gasteiger partial charge is 0.307 e. The Morgan fingerprint density at radius 2 is 1.71 bits per heavy atom. The van der Waals surface area contributed by atoms with Gasteiger partial charge in [-0.1, -0.05) is 30.3 Å². The van der Waals surface area contributed by atoms with Crippen LogP contribution in [-0.4, -0.2) is 10.0 Å². The van der Waals surface area contributed by atoms with Crippen molar-refractivity contribution < 1.29 is 14.2 Å². The van der Waals surface area contributed by atoms with Crippen LogP contribution in [0.15, 0.2) is 73.0 Å². The van der Waals surface area contributed by atoms with Gasteiger partial charge in [0.25, 0.3) is 0 Å². The minimum absolute atomic E-state index is 0.194. The monoisotopic (exact) mass is 283 g/mol. The molecule has 0 aliphatic carbocycles.